The van der Waals surface area contributed by atoms with E-state index in [-0.39, 0.29) is 4.88 Å². The van der Waals surface area contributed by atoms with Gasteiger partial charge in [0.1, 0.15) is 4.88 Å². The van der Waals surface area contributed by atoms with Gasteiger partial charge >= 0.3 is 5.97 Å². The molecule has 1 amide bonds. The zero-order chi connectivity index (χ0) is 14.9. The molecule has 0 bridgehead atoms. The largest absolute Gasteiger partial charge is 0.477 e. The maximum Gasteiger partial charge on any atom is 0.348 e. The summed E-state index contributed by atoms with van der Waals surface area (Å²) in [5.74, 6) is -1.48. The van der Waals surface area contributed by atoms with Gasteiger partial charge in [0.05, 0.1) is 16.3 Å². The molecule has 1 aromatic heterocycles. The second-order valence-electron chi connectivity index (χ2n) is 4.37. The van der Waals surface area contributed by atoms with Crippen molar-refractivity contribution in [3.05, 3.63) is 50.2 Å². The number of halogens is 1. The van der Waals surface area contributed by atoms with Crippen molar-refractivity contribution < 1.29 is 14.7 Å². The lowest BCUT2D eigenvalue weighted by Gasteiger charge is -2.08. The molecule has 0 saturated heterocycles. The number of nitrogens with one attached hydrogen (secondary N) is 1. The Morgan fingerprint density at radius 1 is 1.30 bits per heavy atom. The Bertz CT molecular complexity index is 694. The predicted molar refractivity (Wildman–Crippen MR) is 80.2 cm³/mol. The summed E-state index contributed by atoms with van der Waals surface area (Å²) >= 11 is 7.11. The van der Waals surface area contributed by atoms with Crippen LogP contribution in [0.1, 0.15) is 31.2 Å². The third-order valence-electron chi connectivity index (χ3n) is 2.78. The predicted octanol–water partition coefficient (Wildman–Crippen LogP) is 3.97. The molecular formula is C14H12ClNO3S. The standard InChI is InChI=1S/C14H12ClNO3S/c1-7-3-4-9(10(15)5-7)13(17)16-11-8(2)6-20-12(11)14(18)19/h3-6H,1-2H3,(H,16,17)(H,18,19). The van der Waals surface area contributed by atoms with Crippen molar-refractivity contribution in [2.45, 2.75) is 13.8 Å². The molecule has 1 heterocycles. The van der Waals surface area contributed by atoms with Crippen LogP contribution in [0.15, 0.2) is 23.6 Å². The maximum absolute atomic E-state index is 12.2. The molecule has 0 unspecified atom stereocenters. The summed E-state index contributed by atoms with van der Waals surface area (Å²) in [7, 11) is 0. The number of aromatic carboxylic acids is 1. The Hall–Kier alpha value is -1.85. The molecule has 0 saturated carbocycles. The van der Waals surface area contributed by atoms with E-state index in [4.69, 9.17) is 16.7 Å². The Morgan fingerprint density at radius 2 is 2.00 bits per heavy atom. The highest BCUT2D eigenvalue weighted by atomic mass is 35.5. The van der Waals surface area contributed by atoms with Crippen LogP contribution in [-0.4, -0.2) is 17.0 Å². The lowest BCUT2D eigenvalue weighted by molar-refractivity contribution is 0.0703. The molecule has 0 aliphatic heterocycles. The topological polar surface area (TPSA) is 66.4 Å². The molecule has 0 radical (unpaired) electrons. The van der Waals surface area contributed by atoms with Gasteiger partial charge in [-0.2, -0.15) is 0 Å². The minimum Gasteiger partial charge on any atom is -0.477 e. The van der Waals surface area contributed by atoms with Crippen molar-refractivity contribution in [3.63, 3.8) is 0 Å². The van der Waals surface area contributed by atoms with Crippen LogP contribution in [0.2, 0.25) is 5.02 Å². The van der Waals surface area contributed by atoms with Crippen LogP contribution in [0.3, 0.4) is 0 Å². The van der Waals surface area contributed by atoms with Gasteiger partial charge in [0, 0.05) is 0 Å². The third-order valence-corrected chi connectivity index (χ3v) is 4.18. The van der Waals surface area contributed by atoms with E-state index in [1.54, 1.807) is 30.5 Å². The molecule has 20 heavy (non-hydrogen) atoms. The van der Waals surface area contributed by atoms with Crippen LogP contribution >= 0.6 is 22.9 Å². The molecule has 2 N–H and O–H groups in total. The second-order valence-corrected chi connectivity index (χ2v) is 5.65. The number of amides is 1. The molecule has 2 aromatic rings. The Morgan fingerprint density at radius 3 is 2.60 bits per heavy atom. The van der Waals surface area contributed by atoms with Crippen LogP contribution in [0, 0.1) is 13.8 Å². The molecule has 0 fully saturated rings. The molecule has 6 heteroatoms. The lowest BCUT2D eigenvalue weighted by atomic mass is 10.1. The number of carboxylic acid groups (broad SMARTS) is 1. The SMILES string of the molecule is Cc1ccc(C(=O)Nc2c(C)csc2C(=O)O)c(Cl)c1. The second kappa shape index (κ2) is 5.64. The number of carbonyl (C=O) groups excluding carboxylic acids is 1. The highest BCUT2D eigenvalue weighted by molar-refractivity contribution is 7.12. The van der Waals surface area contributed by atoms with Gasteiger partial charge in [-0.1, -0.05) is 17.7 Å². The Balaban J connectivity index is 2.33. The van der Waals surface area contributed by atoms with E-state index in [1.807, 2.05) is 6.92 Å². The fourth-order valence-electron chi connectivity index (χ4n) is 1.74. The number of carbonyl (C=O) groups is 2. The smallest absolute Gasteiger partial charge is 0.348 e. The summed E-state index contributed by atoms with van der Waals surface area (Å²) in [6.45, 7) is 3.62. The van der Waals surface area contributed by atoms with Crippen molar-refractivity contribution in [1.29, 1.82) is 0 Å². The number of benzene rings is 1. The van der Waals surface area contributed by atoms with Crippen molar-refractivity contribution in [1.82, 2.24) is 0 Å². The minimum absolute atomic E-state index is 0.110. The third kappa shape index (κ3) is 2.84. The van der Waals surface area contributed by atoms with Crippen LogP contribution in [-0.2, 0) is 0 Å². The summed E-state index contributed by atoms with van der Waals surface area (Å²) in [5, 5.41) is 13.7. The Kier molecular flexibility index (Phi) is 4.11. The van der Waals surface area contributed by atoms with Gasteiger partial charge < -0.3 is 10.4 Å². The van der Waals surface area contributed by atoms with Gasteiger partial charge in [-0.15, -0.1) is 11.3 Å². The van der Waals surface area contributed by atoms with Gasteiger partial charge in [-0.25, -0.2) is 4.79 Å². The highest BCUT2D eigenvalue weighted by Gasteiger charge is 2.19. The van der Waals surface area contributed by atoms with Crippen molar-refractivity contribution in [2.75, 3.05) is 5.32 Å². The number of carboxylic acids is 1. The molecule has 1 aromatic carbocycles. The average Bonchev–Trinajstić information content (AvgIpc) is 2.71. The summed E-state index contributed by atoms with van der Waals surface area (Å²) in [6, 6.07) is 5.09. The van der Waals surface area contributed by atoms with Gasteiger partial charge in [0.25, 0.3) is 5.91 Å². The van der Waals surface area contributed by atoms with E-state index >= 15 is 0 Å². The molecular weight excluding hydrogens is 298 g/mol. The fourth-order valence-corrected chi connectivity index (χ4v) is 2.91. The number of aryl methyl sites for hydroxylation is 2. The first kappa shape index (κ1) is 14.6. The Labute approximate surface area is 125 Å². The van der Waals surface area contributed by atoms with E-state index in [9.17, 15) is 9.59 Å². The van der Waals surface area contributed by atoms with E-state index in [0.717, 1.165) is 16.9 Å². The first-order valence-electron chi connectivity index (χ1n) is 5.79. The quantitative estimate of drug-likeness (QED) is 0.901. The number of hydrogen-bond acceptors (Lipinski definition) is 3. The minimum atomic E-state index is -1.06. The first-order chi connectivity index (χ1) is 9.40. The number of rotatable bonds is 3. The average molecular weight is 310 g/mol. The molecule has 0 aliphatic carbocycles. The summed E-state index contributed by atoms with van der Waals surface area (Å²) in [5.41, 5.74) is 2.30. The molecule has 104 valence electrons. The van der Waals surface area contributed by atoms with E-state index in [2.05, 4.69) is 5.32 Å². The van der Waals surface area contributed by atoms with E-state index < -0.39 is 11.9 Å². The molecule has 4 nitrogen and oxygen atoms in total. The fraction of sp³-hybridized carbons (Fsp3) is 0.143. The van der Waals surface area contributed by atoms with Gasteiger partial charge in [-0.3, -0.25) is 4.79 Å². The first-order valence-corrected chi connectivity index (χ1v) is 7.04. The lowest BCUT2D eigenvalue weighted by Crippen LogP contribution is -2.14. The van der Waals surface area contributed by atoms with Gasteiger partial charge in [0.2, 0.25) is 0 Å². The molecule has 0 spiro atoms. The summed E-state index contributed by atoms with van der Waals surface area (Å²) in [4.78, 5) is 23.4. The maximum atomic E-state index is 12.2. The summed E-state index contributed by atoms with van der Waals surface area (Å²) in [6.07, 6.45) is 0. The van der Waals surface area contributed by atoms with Crippen molar-refractivity contribution in [2.24, 2.45) is 0 Å². The number of hydrogen-bond donors (Lipinski definition) is 2. The van der Waals surface area contributed by atoms with Crippen LogP contribution in [0.25, 0.3) is 0 Å². The normalized spacial score (nSPS) is 10.3. The van der Waals surface area contributed by atoms with E-state index in [1.165, 1.54) is 0 Å². The van der Waals surface area contributed by atoms with Crippen molar-refractivity contribution in [3.8, 4) is 0 Å². The highest BCUT2D eigenvalue weighted by Crippen LogP contribution is 2.29. The molecule has 0 atom stereocenters. The van der Waals surface area contributed by atoms with E-state index in [0.29, 0.717) is 21.8 Å². The van der Waals surface area contributed by atoms with Gasteiger partial charge in [-0.05, 0) is 42.5 Å². The summed E-state index contributed by atoms with van der Waals surface area (Å²) < 4.78 is 0. The van der Waals surface area contributed by atoms with Crippen LogP contribution in [0.5, 0.6) is 0 Å². The monoisotopic (exact) mass is 309 g/mol. The van der Waals surface area contributed by atoms with Gasteiger partial charge in [0.15, 0.2) is 0 Å². The zero-order valence-electron chi connectivity index (χ0n) is 10.9. The van der Waals surface area contributed by atoms with Crippen LogP contribution < -0.4 is 5.32 Å². The number of anilines is 1. The molecule has 2 rings (SSSR count). The number of thiophene rings is 1. The molecule has 0 aliphatic rings. The van der Waals surface area contributed by atoms with Crippen LogP contribution in [0.4, 0.5) is 5.69 Å². The zero-order valence-corrected chi connectivity index (χ0v) is 12.4. The van der Waals surface area contributed by atoms with Crippen molar-refractivity contribution >= 4 is 40.5 Å².